The molecule has 5 heteroatoms. The molecule has 1 aliphatic carbocycles. The zero-order valence-corrected chi connectivity index (χ0v) is 15.9. The second-order valence-corrected chi connectivity index (χ2v) is 8.19. The molecule has 2 unspecified atom stereocenters. The van der Waals surface area contributed by atoms with Gasteiger partial charge in [-0.25, -0.2) is 4.98 Å². The Morgan fingerprint density at radius 1 is 1.08 bits per heavy atom. The number of nitrogens with zero attached hydrogens (tertiary/aromatic N) is 2. The fourth-order valence-corrected chi connectivity index (χ4v) is 4.48. The molecule has 1 N–H and O–H groups in total. The van der Waals surface area contributed by atoms with Gasteiger partial charge in [0, 0.05) is 39.6 Å². The van der Waals surface area contributed by atoms with Gasteiger partial charge in [-0.2, -0.15) is 0 Å². The predicted octanol–water partition coefficient (Wildman–Crippen LogP) is 5.99. The Bertz CT molecular complexity index is 911. The Morgan fingerprint density at radius 2 is 1.80 bits per heavy atom. The fourth-order valence-electron chi connectivity index (χ4n) is 3.94. The zero-order valence-electron chi connectivity index (χ0n) is 14.3. The largest absolute Gasteiger partial charge is 0.342 e. The van der Waals surface area contributed by atoms with E-state index >= 15 is 0 Å². The van der Waals surface area contributed by atoms with E-state index < -0.39 is 0 Å². The van der Waals surface area contributed by atoms with Crippen LogP contribution in [-0.4, -0.2) is 15.0 Å². The third kappa shape index (κ3) is 2.86. The third-order valence-corrected chi connectivity index (χ3v) is 5.66. The van der Waals surface area contributed by atoms with Crippen molar-refractivity contribution >= 4 is 23.2 Å². The number of hydrogen-bond acceptors (Lipinski definition) is 2. The predicted molar refractivity (Wildman–Crippen MR) is 102 cm³/mol. The van der Waals surface area contributed by atoms with Crippen molar-refractivity contribution < 1.29 is 0 Å². The average molecular weight is 372 g/mol. The first-order valence-electron chi connectivity index (χ1n) is 8.31. The standard InChI is InChI=1S/C20H19Cl2N3/c1-11-18(25-19(24-11)12-5-4-6-23-10-12)17-16(20(17,2)3)13-7-14(21)9-15(22)8-13/h4-10,16-17H,1-3H3,(H,24,25). The van der Waals surface area contributed by atoms with Crippen LogP contribution in [0.4, 0.5) is 0 Å². The molecule has 0 bridgehead atoms. The van der Waals surface area contributed by atoms with Crippen molar-refractivity contribution in [2.45, 2.75) is 32.6 Å². The number of aromatic nitrogens is 3. The van der Waals surface area contributed by atoms with Crippen LogP contribution in [0.1, 0.15) is 42.6 Å². The van der Waals surface area contributed by atoms with Gasteiger partial charge < -0.3 is 4.98 Å². The summed E-state index contributed by atoms with van der Waals surface area (Å²) < 4.78 is 0. The normalized spacial score (nSPS) is 21.3. The summed E-state index contributed by atoms with van der Waals surface area (Å²) in [5.41, 5.74) is 4.51. The van der Waals surface area contributed by atoms with E-state index in [4.69, 9.17) is 28.2 Å². The number of aryl methyl sites for hydroxylation is 1. The smallest absolute Gasteiger partial charge is 0.139 e. The van der Waals surface area contributed by atoms with E-state index in [0.717, 1.165) is 22.8 Å². The Morgan fingerprint density at radius 3 is 2.44 bits per heavy atom. The number of H-pyrrole nitrogens is 1. The van der Waals surface area contributed by atoms with E-state index in [1.165, 1.54) is 5.56 Å². The fraction of sp³-hybridized carbons (Fsp3) is 0.300. The highest BCUT2D eigenvalue weighted by Crippen LogP contribution is 2.70. The van der Waals surface area contributed by atoms with E-state index in [-0.39, 0.29) is 5.41 Å². The SMILES string of the molecule is Cc1[nH]c(-c2cccnc2)nc1C1C(c2cc(Cl)cc(Cl)c2)C1(C)C. The lowest BCUT2D eigenvalue weighted by Crippen LogP contribution is -1.92. The van der Waals surface area contributed by atoms with E-state index in [0.29, 0.717) is 21.9 Å². The number of hydrogen-bond donors (Lipinski definition) is 1. The number of imidazole rings is 1. The van der Waals surface area contributed by atoms with E-state index in [9.17, 15) is 0 Å². The van der Waals surface area contributed by atoms with Crippen LogP contribution in [0.2, 0.25) is 10.0 Å². The highest BCUT2D eigenvalue weighted by molar-refractivity contribution is 6.34. The van der Waals surface area contributed by atoms with Crippen LogP contribution in [0.3, 0.4) is 0 Å². The highest BCUT2D eigenvalue weighted by atomic mass is 35.5. The summed E-state index contributed by atoms with van der Waals surface area (Å²) in [5.74, 6) is 1.56. The maximum atomic E-state index is 6.21. The molecule has 2 aromatic heterocycles. The summed E-state index contributed by atoms with van der Waals surface area (Å²) in [7, 11) is 0. The van der Waals surface area contributed by atoms with E-state index in [1.807, 2.05) is 30.5 Å². The summed E-state index contributed by atoms with van der Waals surface area (Å²) in [6.07, 6.45) is 3.59. The number of halogens is 2. The molecule has 25 heavy (non-hydrogen) atoms. The lowest BCUT2D eigenvalue weighted by atomic mass is 10.0. The quantitative estimate of drug-likeness (QED) is 0.613. The Balaban J connectivity index is 1.72. The highest BCUT2D eigenvalue weighted by Gasteiger charge is 2.60. The molecule has 0 aliphatic heterocycles. The van der Waals surface area contributed by atoms with Crippen LogP contribution in [0.15, 0.2) is 42.7 Å². The van der Waals surface area contributed by atoms with Crippen molar-refractivity contribution in [1.82, 2.24) is 15.0 Å². The topological polar surface area (TPSA) is 41.6 Å². The van der Waals surface area contributed by atoms with Gasteiger partial charge in [-0.3, -0.25) is 4.98 Å². The lowest BCUT2D eigenvalue weighted by molar-refractivity contribution is 0.597. The molecule has 1 aromatic carbocycles. The molecule has 1 aliphatic rings. The van der Waals surface area contributed by atoms with Gasteiger partial charge in [-0.05, 0) is 54.2 Å². The van der Waals surface area contributed by atoms with Gasteiger partial charge in [0.2, 0.25) is 0 Å². The van der Waals surface area contributed by atoms with Crippen molar-refractivity contribution in [1.29, 1.82) is 0 Å². The van der Waals surface area contributed by atoms with Crippen LogP contribution in [0, 0.1) is 12.3 Å². The number of rotatable bonds is 3. The lowest BCUT2D eigenvalue weighted by Gasteiger charge is -2.04. The number of aromatic amines is 1. The second-order valence-electron chi connectivity index (χ2n) is 7.32. The molecule has 4 rings (SSSR count). The maximum absolute atomic E-state index is 6.21. The molecule has 3 aromatic rings. The molecule has 0 saturated heterocycles. The molecule has 0 radical (unpaired) electrons. The minimum absolute atomic E-state index is 0.111. The zero-order chi connectivity index (χ0) is 17.8. The van der Waals surface area contributed by atoms with E-state index in [1.54, 1.807) is 12.3 Å². The van der Waals surface area contributed by atoms with Crippen LogP contribution in [0.5, 0.6) is 0 Å². The summed E-state index contributed by atoms with van der Waals surface area (Å²) in [6, 6.07) is 9.75. The Hall–Kier alpha value is -1.84. The van der Waals surface area contributed by atoms with Gasteiger partial charge >= 0.3 is 0 Å². The molecular formula is C20H19Cl2N3. The molecule has 0 spiro atoms. The summed E-state index contributed by atoms with van der Waals surface area (Å²) in [6.45, 7) is 6.63. The molecule has 2 atom stereocenters. The van der Waals surface area contributed by atoms with Crippen molar-refractivity contribution in [2.24, 2.45) is 5.41 Å². The van der Waals surface area contributed by atoms with Gasteiger partial charge in [-0.15, -0.1) is 0 Å². The van der Waals surface area contributed by atoms with Crippen LogP contribution < -0.4 is 0 Å². The Labute approximate surface area is 157 Å². The van der Waals surface area contributed by atoms with Crippen molar-refractivity contribution in [2.75, 3.05) is 0 Å². The monoisotopic (exact) mass is 371 g/mol. The van der Waals surface area contributed by atoms with Gasteiger partial charge in [0.05, 0.1) is 5.69 Å². The summed E-state index contributed by atoms with van der Waals surface area (Å²) in [4.78, 5) is 12.5. The third-order valence-electron chi connectivity index (χ3n) is 5.22. The first kappa shape index (κ1) is 16.6. The molecule has 1 fully saturated rings. The van der Waals surface area contributed by atoms with Crippen LogP contribution in [0.25, 0.3) is 11.4 Å². The molecule has 1 saturated carbocycles. The maximum Gasteiger partial charge on any atom is 0.139 e. The Kier molecular flexibility index (Phi) is 3.89. The van der Waals surface area contributed by atoms with E-state index in [2.05, 4.69) is 30.7 Å². The van der Waals surface area contributed by atoms with Crippen LogP contribution in [-0.2, 0) is 0 Å². The van der Waals surface area contributed by atoms with Crippen molar-refractivity contribution in [3.63, 3.8) is 0 Å². The number of nitrogens with one attached hydrogen (secondary N) is 1. The van der Waals surface area contributed by atoms with Gasteiger partial charge in [0.15, 0.2) is 0 Å². The van der Waals surface area contributed by atoms with Crippen LogP contribution >= 0.6 is 23.2 Å². The summed E-state index contributed by atoms with van der Waals surface area (Å²) in [5, 5.41) is 1.36. The van der Waals surface area contributed by atoms with Gasteiger partial charge in [0.25, 0.3) is 0 Å². The molecule has 128 valence electrons. The molecule has 0 amide bonds. The minimum atomic E-state index is 0.111. The average Bonchev–Trinajstić information content (AvgIpc) is 2.92. The molecule has 3 nitrogen and oxygen atoms in total. The first-order chi connectivity index (χ1) is 11.9. The van der Waals surface area contributed by atoms with Gasteiger partial charge in [0.1, 0.15) is 5.82 Å². The minimum Gasteiger partial charge on any atom is -0.342 e. The van der Waals surface area contributed by atoms with Gasteiger partial charge in [-0.1, -0.05) is 37.0 Å². The molecular weight excluding hydrogens is 353 g/mol. The number of benzene rings is 1. The second kappa shape index (κ2) is 5.86. The van der Waals surface area contributed by atoms with Crippen molar-refractivity contribution in [3.05, 3.63) is 69.7 Å². The summed E-state index contributed by atoms with van der Waals surface area (Å²) >= 11 is 12.4. The molecule has 2 heterocycles. The number of pyridine rings is 1. The first-order valence-corrected chi connectivity index (χ1v) is 9.06. The van der Waals surface area contributed by atoms with Crippen molar-refractivity contribution in [3.8, 4) is 11.4 Å².